The first-order valence-corrected chi connectivity index (χ1v) is 9.23. The number of amides is 1. The molecule has 2 aliphatic rings. The van der Waals surface area contributed by atoms with E-state index in [1.165, 1.54) is 0 Å². The number of hydrogen-bond donors (Lipinski definition) is 2. The average molecular weight is 428 g/mol. The molecular weight excluding hydrogens is 401 g/mol. The Kier molecular flexibility index (Phi) is 7.57. The first-order valence-electron chi connectivity index (χ1n) is 9.23. The molecule has 28 heavy (non-hydrogen) atoms. The van der Waals surface area contributed by atoms with E-state index >= 15 is 0 Å². The second-order valence-electron chi connectivity index (χ2n) is 7.03. The number of phenolic OH excluding ortho intramolecular Hbond substituents is 1. The molecular formula is C19H27Cl2N5O2. The number of phenols is 1. The highest BCUT2D eigenvalue weighted by Crippen LogP contribution is 2.30. The number of hydrogen-bond acceptors (Lipinski definition) is 5. The van der Waals surface area contributed by atoms with E-state index in [0.29, 0.717) is 13.1 Å². The van der Waals surface area contributed by atoms with Crippen molar-refractivity contribution >= 4 is 36.4 Å². The lowest BCUT2D eigenvalue weighted by Gasteiger charge is -2.43. The highest BCUT2D eigenvalue weighted by molar-refractivity contribution is 5.86. The van der Waals surface area contributed by atoms with Gasteiger partial charge in [0.1, 0.15) is 11.3 Å². The predicted octanol–water partition coefficient (Wildman–Crippen LogP) is 1.86. The first kappa shape index (κ1) is 22.3. The Morgan fingerprint density at radius 3 is 2.25 bits per heavy atom. The number of rotatable bonds is 3. The van der Waals surface area contributed by atoms with E-state index in [1.807, 2.05) is 34.0 Å². The Balaban J connectivity index is 0.00000140. The number of aromatic hydroxyl groups is 1. The van der Waals surface area contributed by atoms with Gasteiger partial charge in [-0.1, -0.05) is 0 Å². The van der Waals surface area contributed by atoms with Gasteiger partial charge in [0.25, 0.3) is 5.91 Å². The van der Waals surface area contributed by atoms with Gasteiger partial charge in [0.15, 0.2) is 0 Å². The van der Waals surface area contributed by atoms with Crippen LogP contribution < -0.4 is 10.2 Å². The van der Waals surface area contributed by atoms with Crippen molar-refractivity contribution in [1.29, 1.82) is 0 Å². The summed E-state index contributed by atoms with van der Waals surface area (Å²) in [5.74, 6) is 0.461. The minimum Gasteiger partial charge on any atom is -0.508 e. The maximum atomic E-state index is 13.4. The zero-order chi connectivity index (χ0) is 18.0. The number of nitrogens with zero attached hydrogens (tertiary/aromatic N) is 4. The molecule has 1 aromatic heterocycles. The lowest BCUT2D eigenvalue weighted by atomic mass is 9.86. The van der Waals surface area contributed by atoms with Crippen molar-refractivity contribution in [3.05, 3.63) is 42.7 Å². The van der Waals surface area contributed by atoms with Crippen molar-refractivity contribution in [3.63, 3.8) is 0 Å². The maximum absolute atomic E-state index is 13.4. The van der Waals surface area contributed by atoms with Crippen molar-refractivity contribution in [3.8, 4) is 5.75 Å². The van der Waals surface area contributed by atoms with Gasteiger partial charge in [-0.05, 0) is 56.3 Å². The molecule has 2 N–H and O–H groups in total. The van der Waals surface area contributed by atoms with E-state index in [4.69, 9.17) is 0 Å². The molecule has 0 spiro atoms. The molecule has 0 aliphatic carbocycles. The monoisotopic (exact) mass is 427 g/mol. The highest BCUT2D eigenvalue weighted by Gasteiger charge is 2.44. The normalized spacial score (nSPS) is 18.7. The zero-order valence-electron chi connectivity index (χ0n) is 15.7. The molecule has 0 bridgehead atoms. The van der Waals surface area contributed by atoms with E-state index in [0.717, 1.165) is 44.7 Å². The molecule has 7 nitrogen and oxygen atoms in total. The summed E-state index contributed by atoms with van der Waals surface area (Å²) in [4.78, 5) is 17.7. The Labute approximate surface area is 177 Å². The van der Waals surface area contributed by atoms with Crippen molar-refractivity contribution in [2.75, 3.05) is 44.2 Å². The van der Waals surface area contributed by atoms with Crippen LogP contribution in [-0.2, 0) is 10.3 Å². The third kappa shape index (κ3) is 4.21. The number of anilines is 1. The number of benzene rings is 1. The molecule has 0 atom stereocenters. The van der Waals surface area contributed by atoms with Gasteiger partial charge >= 0.3 is 0 Å². The van der Waals surface area contributed by atoms with E-state index in [-0.39, 0.29) is 36.5 Å². The van der Waals surface area contributed by atoms with Crippen LogP contribution in [0.25, 0.3) is 0 Å². The molecule has 2 saturated heterocycles. The molecule has 2 aliphatic heterocycles. The van der Waals surface area contributed by atoms with E-state index < -0.39 is 5.54 Å². The number of piperidine rings is 1. The number of halogens is 2. The maximum Gasteiger partial charge on any atom is 0.250 e. The second kappa shape index (κ2) is 9.49. The van der Waals surface area contributed by atoms with Crippen molar-refractivity contribution in [1.82, 2.24) is 20.0 Å². The third-order valence-corrected chi connectivity index (χ3v) is 5.55. The molecule has 154 valence electrons. The van der Waals surface area contributed by atoms with Gasteiger partial charge in [-0.2, -0.15) is 5.10 Å². The summed E-state index contributed by atoms with van der Waals surface area (Å²) in [6.45, 7) is 4.67. The molecule has 4 rings (SSSR count). The topological polar surface area (TPSA) is 73.6 Å². The van der Waals surface area contributed by atoms with Gasteiger partial charge in [0.05, 0.1) is 0 Å². The van der Waals surface area contributed by atoms with Crippen molar-refractivity contribution in [2.24, 2.45) is 0 Å². The fourth-order valence-corrected chi connectivity index (χ4v) is 4.03. The fraction of sp³-hybridized carbons (Fsp3) is 0.474. The minimum absolute atomic E-state index is 0. The number of carbonyl (C=O) groups is 1. The zero-order valence-corrected chi connectivity index (χ0v) is 17.3. The molecule has 3 heterocycles. The van der Waals surface area contributed by atoms with Crippen LogP contribution in [-0.4, -0.2) is 65.0 Å². The summed E-state index contributed by atoms with van der Waals surface area (Å²) < 4.78 is 1.86. The summed E-state index contributed by atoms with van der Waals surface area (Å²) >= 11 is 0. The van der Waals surface area contributed by atoms with E-state index in [9.17, 15) is 9.90 Å². The minimum atomic E-state index is -0.560. The Morgan fingerprint density at radius 1 is 1.04 bits per heavy atom. The third-order valence-electron chi connectivity index (χ3n) is 5.55. The second-order valence-corrected chi connectivity index (χ2v) is 7.03. The van der Waals surface area contributed by atoms with E-state index in [1.54, 1.807) is 18.3 Å². The summed E-state index contributed by atoms with van der Waals surface area (Å²) in [6, 6.07) is 9.14. The lowest BCUT2D eigenvalue weighted by Crippen LogP contribution is -2.59. The Hall–Kier alpha value is -1.96. The van der Waals surface area contributed by atoms with Crippen LogP contribution in [0.4, 0.5) is 5.69 Å². The molecule has 0 unspecified atom stereocenters. The van der Waals surface area contributed by atoms with Gasteiger partial charge in [0.2, 0.25) is 0 Å². The summed E-state index contributed by atoms with van der Waals surface area (Å²) in [5.41, 5.74) is 0.522. The number of carbonyl (C=O) groups excluding carboxylic acids is 1. The number of nitrogens with one attached hydrogen (secondary N) is 1. The standard InChI is InChI=1S/C19H25N5O2.2ClH/c25-17-4-2-16(3-5-17)22-12-14-23(15-13-22)18(26)19(6-9-20-10-7-19)24-11-1-8-21-24;;/h1-5,8,11,20,25H,6-7,9-10,12-15H2;2*1H. The van der Waals surface area contributed by atoms with Gasteiger partial charge < -0.3 is 20.2 Å². The van der Waals surface area contributed by atoms with Gasteiger partial charge in [-0.15, -0.1) is 24.8 Å². The Bertz CT molecular complexity index is 740. The summed E-state index contributed by atoms with van der Waals surface area (Å²) in [5, 5.41) is 17.2. The lowest BCUT2D eigenvalue weighted by molar-refractivity contribution is -0.143. The molecule has 2 fully saturated rings. The van der Waals surface area contributed by atoms with Crippen LogP contribution >= 0.6 is 24.8 Å². The highest BCUT2D eigenvalue weighted by atomic mass is 35.5. The van der Waals surface area contributed by atoms with E-state index in [2.05, 4.69) is 15.3 Å². The molecule has 2 aromatic rings. The van der Waals surface area contributed by atoms with Crippen molar-refractivity contribution in [2.45, 2.75) is 18.4 Å². The Morgan fingerprint density at radius 2 is 1.68 bits per heavy atom. The van der Waals surface area contributed by atoms with Gasteiger partial charge in [-0.3, -0.25) is 9.48 Å². The fourth-order valence-electron chi connectivity index (χ4n) is 4.03. The molecule has 1 amide bonds. The summed E-state index contributed by atoms with van der Waals surface area (Å²) in [6.07, 6.45) is 5.20. The largest absolute Gasteiger partial charge is 0.508 e. The SMILES string of the molecule is Cl.Cl.O=C(N1CCN(c2ccc(O)cc2)CC1)C1(n2cccn2)CCNCC1. The first-order chi connectivity index (χ1) is 12.7. The van der Waals surface area contributed by atoms with Crippen molar-refractivity contribution < 1.29 is 9.90 Å². The van der Waals surface area contributed by atoms with Crippen LogP contribution in [0.5, 0.6) is 5.75 Å². The van der Waals surface area contributed by atoms with Crippen LogP contribution in [0.2, 0.25) is 0 Å². The van der Waals surface area contributed by atoms with Gasteiger partial charge in [-0.25, -0.2) is 0 Å². The van der Waals surface area contributed by atoms with Crippen LogP contribution in [0.3, 0.4) is 0 Å². The molecule has 9 heteroatoms. The summed E-state index contributed by atoms with van der Waals surface area (Å²) in [7, 11) is 0. The predicted molar refractivity (Wildman–Crippen MR) is 114 cm³/mol. The smallest absolute Gasteiger partial charge is 0.250 e. The number of piperazine rings is 1. The number of aromatic nitrogens is 2. The van der Waals surface area contributed by atoms with Crippen LogP contribution in [0.1, 0.15) is 12.8 Å². The molecule has 0 radical (unpaired) electrons. The molecule has 1 aromatic carbocycles. The average Bonchev–Trinajstić information content (AvgIpc) is 3.24. The quantitative estimate of drug-likeness (QED) is 0.781. The molecule has 0 saturated carbocycles. The van der Waals surface area contributed by atoms with Crippen LogP contribution in [0.15, 0.2) is 42.7 Å². The van der Waals surface area contributed by atoms with Crippen LogP contribution in [0, 0.1) is 0 Å². The van der Waals surface area contributed by atoms with Gasteiger partial charge in [0, 0.05) is 44.3 Å².